The van der Waals surface area contributed by atoms with Crippen molar-refractivity contribution in [1.29, 1.82) is 0 Å². The van der Waals surface area contributed by atoms with Crippen LogP contribution in [0.2, 0.25) is 0 Å². The molecule has 12 heavy (non-hydrogen) atoms. The van der Waals surface area contributed by atoms with E-state index in [0.29, 0.717) is 11.8 Å². The molecule has 2 heteroatoms. The first-order valence-corrected chi connectivity index (χ1v) is 3.86. The van der Waals surface area contributed by atoms with E-state index in [2.05, 4.69) is 0 Å². The summed E-state index contributed by atoms with van der Waals surface area (Å²) in [4.78, 5) is 21.1. The van der Waals surface area contributed by atoms with Crippen molar-refractivity contribution < 1.29 is 9.59 Å². The number of aryl methyl sites for hydroxylation is 1. The minimum atomic E-state index is -0.453. The van der Waals surface area contributed by atoms with Crippen molar-refractivity contribution in [2.75, 3.05) is 0 Å². The highest BCUT2D eigenvalue weighted by Gasteiger charge is 2.02. The van der Waals surface area contributed by atoms with Crippen molar-refractivity contribution in [1.82, 2.24) is 0 Å². The first-order valence-electron chi connectivity index (χ1n) is 3.86. The van der Waals surface area contributed by atoms with Crippen LogP contribution in [0, 0.1) is 0 Å². The molecule has 0 radical (unpaired) electrons. The number of benzene rings is 1. The lowest BCUT2D eigenvalue weighted by Gasteiger charge is -1.97. The van der Waals surface area contributed by atoms with Gasteiger partial charge >= 0.3 is 0 Å². The predicted molar refractivity (Wildman–Crippen MR) is 46.2 cm³/mol. The van der Waals surface area contributed by atoms with Gasteiger partial charge in [-0.05, 0) is 18.1 Å². The van der Waals surface area contributed by atoms with Crippen molar-refractivity contribution in [3.05, 3.63) is 35.4 Å². The molecule has 0 bridgehead atoms. The second-order valence-corrected chi connectivity index (χ2v) is 2.54. The van der Waals surface area contributed by atoms with Gasteiger partial charge in [0.05, 0.1) is 0 Å². The van der Waals surface area contributed by atoms with Crippen LogP contribution < -0.4 is 0 Å². The van der Waals surface area contributed by atoms with E-state index in [1.807, 2.05) is 13.0 Å². The van der Waals surface area contributed by atoms with Gasteiger partial charge in [0.15, 0.2) is 6.29 Å². The number of Topliss-reactive ketones (excluding diaryl/α,β-unsaturated/α-hetero) is 1. The van der Waals surface area contributed by atoms with Crippen molar-refractivity contribution in [2.45, 2.75) is 13.3 Å². The molecular weight excluding hydrogens is 152 g/mol. The molecule has 0 aliphatic carbocycles. The summed E-state index contributed by atoms with van der Waals surface area (Å²) in [6.07, 6.45) is 1.22. The standard InChI is InChI=1S/C10H10O2/c1-2-8-4-3-5-9(6-8)10(12)7-11/h3-7H,2H2,1H3. The van der Waals surface area contributed by atoms with Gasteiger partial charge in [0.2, 0.25) is 5.78 Å². The van der Waals surface area contributed by atoms with Gasteiger partial charge < -0.3 is 0 Å². The molecule has 1 rings (SSSR count). The minimum Gasteiger partial charge on any atom is -0.294 e. The number of rotatable bonds is 3. The molecule has 0 saturated heterocycles. The molecule has 0 atom stereocenters. The SMILES string of the molecule is CCc1cccc(C(=O)C=O)c1. The fraction of sp³-hybridized carbons (Fsp3) is 0.200. The number of hydrogen-bond acceptors (Lipinski definition) is 2. The van der Waals surface area contributed by atoms with E-state index in [-0.39, 0.29) is 0 Å². The van der Waals surface area contributed by atoms with E-state index in [1.165, 1.54) is 0 Å². The Morgan fingerprint density at radius 3 is 2.83 bits per heavy atom. The van der Waals surface area contributed by atoms with Gasteiger partial charge in [0.1, 0.15) is 0 Å². The lowest BCUT2D eigenvalue weighted by Crippen LogP contribution is -1.99. The molecule has 1 aromatic carbocycles. The highest BCUT2D eigenvalue weighted by molar-refractivity contribution is 6.33. The summed E-state index contributed by atoms with van der Waals surface area (Å²) in [6, 6.07) is 7.11. The number of hydrogen-bond donors (Lipinski definition) is 0. The Morgan fingerprint density at radius 1 is 1.50 bits per heavy atom. The summed E-state index contributed by atoms with van der Waals surface area (Å²) >= 11 is 0. The van der Waals surface area contributed by atoms with E-state index in [1.54, 1.807) is 18.2 Å². The fourth-order valence-corrected chi connectivity index (χ4v) is 1.01. The Balaban J connectivity index is 3.01. The fourth-order valence-electron chi connectivity index (χ4n) is 1.01. The van der Waals surface area contributed by atoms with Crippen LogP contribution in [-0.4, -0.2) is 12.1 Å². The second kappa shape index (κ2) is 3.81. The van der Waals surface area contributed by atoms with Gasteiger partial charge in [-0.2, -0.15) is 0 Å². The van der Waals surface area contributed by atoms with Gasteiger partial charge in [-0.25, -0.2) is 0 Å². The largest absolute Gasteiger partial charge is 0.294 e. The first-order chi connectivity index (χ1) is 5.77. The van der Waals surface area contributed by atoms with Crippen LogP contribution in [0.15, 0.2) is 24.3 Å². The zero-order valence-electron chi connectivity index (χ0n) is 6.91. The minimum absolute atomic E-state index is 0.342. The van der Waals surface area contributed by atoms with Crippen LogP contribution in [-0.2, 0) is 11.2 Å². The maximum atomic E-state index is 10.9. The van der Waals surface area contributed by atoms with Crippen LogP contribution >= 0.6 is 0 Å². The molecule has 0 amide bonds. The molecule has 0 heterocycles. The maximum absolute atomic E-state index is 10.9. The van der Waals surface area contributed by atoms with Crippen molar-refractivity contribution in [3.63, 3.8) is 0 Å². The normalized spacial score (nSPS) is 9.42. The Kier molecular flexibility index (Phi) is 2.75. The van der Waals surface area contributed by atoms with E-state index in [0.717, 1.165) is 12.0 Å². The van der Waals surface area contributed by atoms with Gasteiger partial charge in [-0.15, -0.1) is 0 Å². The molecule has 62 valence electrons. The average molecular weight is 162 g/mol. The summed E-state index contributed by atoms with van der Waals surface area (Å²) in [5.74, 6) is -0.453. The Morgan fingerprint density at radius 2 is 2.25 bits per heavy atom. The second-order valence-electron chi connectivity index (χ2n) is 2.54. The van der Waals surface area contributed by atoms with Crippen LogP contribution in [0.4, 0.5) is 0 Å². The molecule has 0 aliphatic rings. The number of carbonyl (C=O) groups excluding carboxylic acids is 2. The number of aldehydes is 1. The zero-order chi connectivity index (χ0) is 8.97. The highest BCUT2D eigenvalue weighted by Crippen LogP contribution is 2.05. The molecule has 0 unspecified atom stereocenters. The summed E-state index contributed by atoms with van der Waals surface area (Å²) < 4.78 is 0. The Bertz CT molecular complexity index is 302. The number of carbonyl (C=O) groups is 2. The topological polar surface area (TPSA) is 34.1 Å². The quantitative estimate of drug-likeness (QED) is 0.384. The molecule has 0 N–H and O–H groups in total. The summed E-state index contributed by atoms with van der Waals surface area (Å²) in [7, 11) is 0. The molecule has 0 aromatic heterocycles. The summed E-state index contributed by atoms with van der Waals surface area (Å²) in [5.41, 5.74) is 1.55. The van der Waals surface area contributed by atoms with Crippen LogP contribution in [0.3, 0.4) is 0 Å². The molecule has 0 aliphatic heterocycles. The third kappa shape index (κ3) is 1.78. The van der Waals surface area contributed by atoms with Gasteiger partial charge in [0.25, 0.3) is 0 Å². The third-order valence-corrected chi connectivity index (χ3v) is 1.73. The zero-order valence-corrected chi connectivity index (χ0v) is 6.91. The van der Waals surface area contributed by atoms with Crippen LogP contribution in [0.1, 0.15) is 22.8 Å². The lowest BCUT2D eigenvalue weighted by atomic mass is 10.1. The van der Waals surface area contributed by atoms with E-state index < -0.39 is 5.78 Å². The van der Waals surface area contributed by atoms with Crippen molar-refractivity contribution in [2.24, 2.45) is 0 Å². The highest BCUT2D eigenvalue weighted by atomic mass is 16.2. The van der Waals surface area contributed by atoms with E-state index in [4.69, 9.17) is 0 Å². The molecule has 0 saturated carbocycles. The van der Waals surface area contributed by atoms with Crippen LogP contribution in [0.5, 0.6) is 0 Å². The van der Waals surface area contributed by atoms with Gasteiger partial charge in [-0.1, -0.05) is 25.1 Å². The molecule has 0 spiro atoms. The lowest BCUT2D eigenvalue weighted by molar-refractivity contribution is -0.104. The predicted octanol–water partition coefficient (Wildman–Crippen LogP) is 1.63. The van der Waals surface area contributed by atoms with Crippen molar-refractivity contribution >= 4 is 12.1 Å². The van der Waals surface area contributed by atoms with Gasteiger partial charge in [0, 0.05) is 5.56 Å². The van der Waals surface area contributed by atoms with Gasteiger partial charge in [-0.3, -0.25) is 9.59 Å². The van der Waals surface area contributed by atoms with E-state index >= 15 is 0 Å². The monoisotopic (exact) mass is 162 g/mol. The third-order valence-electron chi connectivity index (χ3n) is 1.73. The maximum Gasteiger partial charge on any atom is 0.225 e. The molecular formula is C10H10O2. The van der Waals surface area contributed by atoms with Crippen LogP contribution in [0.25, 0.3) is 0 Å². The molecule has 2 nitrogen and oxygen atoms in total. The smallest absolute Gasteiger partial charge is 0.225 e. The summed E-state index contributed by atoms with van der Waals surface area (Å²) in [5, 5.41) is 0. The van der Waals surface area contributed by atoms with Crippen molar-refractivity contribution in [3.8, 4) is 0 Å². The first kappa shape index (κ1) is 8.65. The van der Waals surface area contributed by atoms with E-state index in [9.17, 15) is 9.59 Å². The Hall–Kier alpha value is -1.44. The Labute approximate surface area is 71.2 Å². The average Bonchev–Trinajstić information content (AvgIpc) is 2.17. The summed E-state index contributed by atoms with van der Waals surface area (Å²) in [6.45, 7) is 2.00. The molecule has 0 fully saturated rings. The molecule has 1 aromatic rings. The number of ketones is 1.